The van der Waals surface area contributed by atoms with Crippen molar-refractivity contribution in [1.82, 2.24) is 9.47 Å². The lowest BCUT2D eigenvalue weighted by Crippen LogP contribution is -2.44. The van der Waals surface area contributed by atoms with Crippen LogP contribution in [0.4, 0.5) is 5.69 Å². The molecule has 0 bridgehead atoms. The van der Waals surface area contributed by atoms with E-state index in [-0.39, 0.29) is 30.3 Å². The lowest BCUT2D eigenvalue weighted by atomic mass is 9.97. The van der Waals surface area contributed by atoms with Crippen molar-refractivity contribution in [3.8, 4) is 0 Å². The number of nitrogens with zero attached hydrogens (tertiary/aromatic N) is 3. The average molecular weight is 359 g/mol. The van der Waals surface area contributed by atoms with Crippen LogP contribution in [0, 0.1) is 16.0 Å². The van der Waals surface area contributed by atoms with Crippen molar-refractivity contribution in [1.29, 1.82) is 0 Å². The lowest BCUT2D eigenvalue weighted by molar-refractivity contribution is -0.384. The van der Waals surface area contributed by atoms with Gasteiger partial charge in [0, 0.05) is 48.2 Å². The largest absolute Gasteiger partial charge is 0.350 e. The van der Waals surface area contributed by atoms with Gasteiger partial charge >= 0.3 is 0 Å². The number of carbonyl (C=O) groups excluding carboxylic acids is 1. The van der Waals surface area contributed by atoms with E-state index in [0.29, 0.717) is 19.8 Å². The Morgan fingerprint density at radius 1 is 1.27 bits per heavy atom. The number of hydrogen-bond acceptors (Lipinski definition) is 5. The first-order valence-corrected chi connectivity index (χ1v) is 8.86. The molecule has 0 N–H and O–H groups in total. The highest BCUT2D eigenvalue weighted by Crippen LogP contribution is 2.26. The van der Waals surface area contributed by atoms with Crippen molar-refractivity contribution in [3.63, 3.8) is 0 Å². The number of rotatable bonds is 4. The van der Waals surface area contributed by atoms with E-state index in [4.69, 9.17) is 9.47 Å². The summed E-state index contributed by atoms with van der Waals surface area (Å²) in [6, 6.07) is 6.49. The molecular weight excluding hydrogens is 338 g/mol. The van der Waals surface area contributed by atoms with E-state index < -0.39 is 4.92 Å². The van der Waals surface area contributed by atoms with Gasteiger partial charge in [-0.15, -0.1) is 0 Å². The Morgan fingerprint density at radius 3 is 2.85 bits per heavy atom. The molecule has 0 radical (unpaired) electrons. The molecule has 1 unspecified atom stereocenters. The van der Waals surface area contributed by atoms with Gasteiger partial charge in [0.25, 0.3) is 5.69 Å². The van der Waals surface area contributed by atoms with Gasteiger partial charge in [-0.1, -0.05) is 0 Å². The summed E-state index contributed by atoms with van der Waals surface area (Å²) in [5.74, 6) is 0.266. The van der Waals surface area contributed by atoms with Gasteiger partial charge < -0.3 is 18.9 Å². The molecule has 1 aromatic carbocycles. The highest BCUT2D eigenvalue weighted by molar-refractivity contribution is 5.85. The highest BCUT2D eigenvalue weighted by Gasteiger charge is 2.32. The average Bonchev–Trinajstić information content (AvgIpc) is 3.32. The van der Waals surface area contributed by atoms with Gasteiger partial charge in [-0.05, 0) is 25.0 Å². The first-order valence-electron chi connectivity index (χ1n) is 8.86. The summed E-state index contributed by atoms with van der Waals surface area (Å²) in [7, 11) is 0. The normalized spacial score (nSPS) is 21.4. The number of nitro groups is 1. The summed E-state index contributed by atoms with van der Waals surface area (Å²) in [6.07, 6.45) is 3.55. The zero-order chi connectivity index (χ0) is 18.1. The van der Waals surface area contributed by atoms with Crippen LogP contribution in [-0.2, 0) is 20.8 Å². The molecule has 1 amide bonds. The van der Waals surface area contributed by atoms with E-state index in [0.717, 1.165) is 30.3 Å². The van der Waals surface area contributed by atoms with E-state index in [2.05, 4.69) is 0 Å². The second-order valence-corrected chi connectivity index (χ2v) is 6.80. The smallest absolute Gasteiger partial charge is 0.270 e. The van der Waals surface area contributed by atoms with Crippen molar-refractivity contribution in [3.05, 3.63) is 40.6 Å². The van der Waals surface area contributed by atoms with Crippen molar-refractivity contribution in [2.45, 2.75) is 25.7 Å². The second kappa shape index (κ2) is 7.05. The SMILES string of the molecule is O=C(Cn1ccc2cc([N+](=O)[O-])ccc21)N1CCCC(C2OCCO2)C1. The third kappa shape index (κ3) is 3.30. The first kappa shape index (κ1) is 17.0. The van der Waals surface area contributed by atoms with Gasteiger partial charge in [0.05, 0.1) is 18.1 Å². The molecule has 26 heavy (non-hydrogen) atoms. The van der Waals surface area contributed by atoms with Crippen molar-refractivity contribution < 1.29 is 19.2 Å². The fraction of sp³-hybridized carbons (Fsp3) is 0.500. The highest BCUT2D eigenvalue weighted by atomic mass is 16.7. The predicted molar refractivity (Wildman–Crippen MR) is 93.6 cm³/mol. The topological polar surface area (TPSA) is 86.8 Å². The minimum absolute atomic E-state index is 0.0450. The van der Waals surface area contributed by atoms with E-state index >= 15 is 0 Å². The Labute approximate surface area is 150 Å². The van der Waals surface area contributed by atoms with Crippen LogP contribution in [-0.4, -0.2) is 52.9 Å². The molecule has 4 rings (SSSR count). The number of fused-ring (bicyclic) bond motifs is 1. The van der Waals surface area contributed by atoms with Crippen molar-refractivity contribution in [2.24, 2.45) is 5.92 Å². The van der Waals surface area contributed by atoms with Crippen LogP contribution in [0.25, 0.3) is 10.9 Å². The van der Waals surface area contributed by atoms with E-state index in [1.54, 1.807) is 18.3 Å². The molecule has 2 saturated heterocycles. The molecule has 1 aromatic heterocycles. The third-order valence-corrected chi connectivity index (χ3v) is 5.11. The zero-order valence-electron chi connectivity index (χ0n) is 14.4. The van der Waals surface area contributed by atoms with Crippen LogP contribution in [0.15, 0.2) is 30.5 Å². The molecule has 3 heterocycles. The molecule has 0 saturated carbocycles. The molecule has 8 nitrogen and oxygen atoms in total. The van der Waals surface area contributed by atoms with Crippen molar-refractivity contribution >= 4 is 22.5 Å². The summed E-state index contributed by atoms with van der Waals surface area (Å²) >= 11 is 0. The molecular formula is C18H21N3O5. The molecule has 2 aliphatic heterocycles. The molecule has 0 spiro atoms. The van der Waals surface area contributed by atoms with Gasteiger partial charge in [-0.3, -0.25) is 14.9 Å². The maximum atomic E-state index is 12.8. The summed E-state index contributed by atoms with van der Waals surface area (Å²) in [5.41, 5.74) is 0.872. The number of benzene rings is 1. The van der Waals surface area contributed by atoms with Crippen LogP contribution in [0.5, 0.6) is 0 Å². The molecule has 2 aromatic rings. The minimum atomic E-state index is -0.414. The quantitative estimate of drug-likeness (QED) is 0.617. The fourth-order valence-electron chi connectivity index (χ4n) is 3.79. The van der Waals surface area contributed by atoms with Crippen LogP contribution in [0.2, 0.25) is 0 Å². The summed E-state index contributed by atoms with van der Waals surface area (Å²) in [6.45, 7) is 2.86. The summed E-state index contributed by atoms with van der Waals surface area (Å²) < 4.78 is 13.0. The van der Waals surface area contributed by atoms with Crippen LogP contribution in [0.3, 0.4) is 0 Å². The summed E-state index contributed by atoms with van der Waals surface area (Å²) in [4.78, 5) is 25.1. The monoisotopic (exact) mass is 359 g/mol. The minimum Gasteiger partial charge on any atom is -0.350 e. The molecule has 138 valence electrons. The van der Waals surface area contributed by atoms with Gasteiger partial charge in [0.15, 0.2) is 6.29 Å². The Hall–Kier alpha value is -2.45. The predicted octanol–water partition coefficient (Wildman–Crippen LogP) is 2.16. The van der Waals surface area contributed by atoms with Gasteiger partial charge in [-0.25, -0.2) is 0 Å². The van der Waals surface area contributed by atoms with E-state index in [1.807, 2.05) is 9.47 Å². The number of carbonyl (C=O) groups is 1. The van der Waals surface area contributed by atoms with Gasteiger partial charge in [0.1, 0.15) is 6.54 Å². The van der Waals surface area contributed by atoms with E-state index in [1.165, 1.54) is 12.1 Å². The maximum Gasteiger partial charge on any atom is 0.270 e. The van der Waals surface area contributed by atoms with Crippen LogP contribution in [0.1, 0.15) is 12.8 Å². The van der Waals surface area contributed by atoms with E-state index in [9.17, 15) is 14.9 Å². The van der Waals surface area contributed by atoms with Gasteiger partial charge in [-0.2, -0.15) is 0 Å². The molecule has 1 atom stereocenters. The Kier molecular flexibility index (Phi) is 4.60. The number of aromatic nitrogens is 1. The summed E-state index contributed by atoms with van der Waals surface area (Å²) in [5, 5.41) is 11.7. The number of amides is 1. The van der Waals surface area contributed by atoms with Crippen LogP contribution < -0.4 is 0 Å². The number of hydrogen-bond donors (Lipinski definition) is 0. The number of likely N-dealkylation sites (tertiary alicyclic amines) is 1. The standard InChI is InChI=1S/C18H21N3O5/c22-17(20-6-1-2-14(11-20)18-25-8-9-26-18)12-19-7-5-13-10-15(21(23)24)3-4-16(13)19/h3-5,7,10,14,18H,1-2,6,8-9,11-12H2. The number of ether oxygens (including phenoxy) is 2. The van der Waals surface area contributed by atoms with Crippen LogP contribution >= 0.6 is 0 Å². The van der Waals surface area contributed by atoms with Gasteiger partial charge in [0.2, 0.25) is 5.91 Å². The Bertz CT molecular complexity index is 827. The second-order valence-electron chi connectivity index (χ2n) is 6.80. The molecule has 2 fully saturated rings. The lowest BCUT2D eigenvalue weighted by Gasteiger charge is -2.34. The number of non-ortho nitro benzene ring substituents is 1. The fourth-order valence-corrected chi connectivity index (χ4v) is 3.79. The number of piperidine rings is 1. The molecule has 0 aliphatic carbocycles. The maximum absolute atomic E-state index is 12.8. The Morgan fingerprint density at radius 2 is 2.08 bits per heavy atom. The number of nitro benzene ring substituents is 1. The molecule has 8 heteroatoms. The van der Waals surface area contributed by atoms with Crippen molar-refractivity contribution in [2.75, 3.05) is 26.3 Å². The zero-order valence-corrected chi connectivity index (χ0v) is 14.4. The Balaban J connectivity index is 1.45. The first-order chi connectivity index (χ1) is 12.6. The molecule has 2 aliphatic rings. The third-order valence-electron chi connectivity index (χ3n) is 5.11.